The molecule has 4 nitrogen and oxygen atoms in total. The zero-order valence-corrected chi connectivity index (χ0v) is 11.4. The van der Waals surface area contributed by atoms with Crippen molar-refractivity contribution in [3.05, 3.63) is 52.5 Å². The second kappa shape index (κ2) is 5.58. The number of carbonyl (C=O) groups excluding carboxylic acids is 1. The number of benzene rings is 1. The van der Waals surface area contributed by atoms with Crippen LogP contribution < -0.4 is 5.32 Å². The van der Waals surface area contributed by atoms with Crippen LogP contribution in [0.4, 0.5) is 18.9 Å². The number of nitrogens with zero attached hydrogens (tertiary/aromatic N) is 2. The van der Waals surface area contributed by atoms with Crippen LogP contribution in [0.1, 0.15) is 16.1 Å². The molecule has 2 aromatic rings. The van der Waals surface area contributed by atoms with Gasteiger partial charge in [0.15, 0.2) is 0 Å². The van der Waals surface area contributed by atoms with Gasteiger partial charge in [0.2, 0.25) is 0 Å². The zero-order valence-electron chi connectivity index (χ0n) is 9.78. The lowest BCUT2D eigenvalue weighted by molar-refractivity contribution is -0.136. The van der Waals surface area contributed by atoms with Crippen LogP contribution in [0.2, 0.25) is 0 Å². The van der Waals surface area contributed by atoms with Crippen LogP contribution in [-0.4, -0.2) is 15.9 Å². The third-order valence-corrected chi connectivity index (χ3v) is 2.74. The number of amides is 1. The Kier molecular flexibility index (Phi) is 4.03. The lowest BCUT2D eigenvalue weighted by Gasteiger charge is -2.13. The van der Waals surface area contributed by atoms with Crippen LogP contribution in [0, 0.1) is 0 Å². The van der Waals surface area contributed by atoms with Crippen molar-refractivity contribution in [2.75, 3.05) is 5.32 Å². The van der Waals surface area contributed by atoms with E-state index >= 15 is 0 Å². The Labute approximate surface area is 120 Å². The van der Waals surface area contributed by atoms with Gasteiger partial charge in [-0.05, 0) is 28.1 Å². The molecular weight excluding hydrogens is 339 g/mol. The van der Waals surface area contributed by atoms with Crippen LogP contribution in [0.3, 0.4) is 0 Å². The highest BCUT2D eigenvalue weighted by Gasteiger charge is 2.33. The number of nitrogens with one attached hydrogen (secondary N) is 1. The monoisotopic (exact) mass is 345 g/mol. The number of hydrogen-bond acceptors (Lipinski definition) is 3. The van der Waals surface area contributed by atoms with E-state index in [0.29, 0.717) is 4.60 Å². The fraction of sp³-hybridized carbons (Fsp3) is 0.0833. The van der Waals surface area contributed by atoms with Gasteiger partial charge >= 0.3 is 6.18 Å². The standard InChI is InChI=1S/C12H7BrF3N3O/c13-10-6-17-9(5-18-10)11(20)19-8-4-2-1-3-7(8)12(14,15)16/h1-6H,(H,19,20). The average Bonchev–Trinajstić information content (AvgIpc) is 2.38. The average molecular weight is 346 g/mol. The summed E-state index contributed by atoms with van der Waals surface area (Å²) in [6.07, 6.45) is -2.10. The minimum absolute atomic E-state index is 0.0785. The fourth-order valence-electron chi connectivity index (χ4n) is 1.46. The summed E-state index contributed by atoms with van der Waals surface area (Å²) in [4.78, 5) is 19.4. The van der Waals surface area contributed by atoms with Crippen molar-refractivity contribution >= 4 is 27.5 Å². The predicted octanol–water partition coefficient (Wildman–Crippen LogP) is 3.51. The molecule has 104 valence electrons. The van der Waals surface area contributed by atoms with E-state index in [1.165, 1.54) is 24.4 Å². The molecule has 0 saturated heterocycles. The maximum absolute atomic E-state index is 12.8. The summed E-state index contributed by atoms with van der Waals surface area (Å²) in [6, 6.07) is 4.71. The van der Waals surface area contributed by atoms with E-state index in [4.69, 9.17) is 0 Å². The Morgan fingerprint density at radius 3 is 2.45 bits per heavy atom. The van der Waals surface area contributed by atoms with E-state index in [1.807, 2.05) is 0 Å². The number of halogens is 4. The van der Waals surface area contributed by atoms with E-state index in [2.05, 4.69) is 31.2 Å². The molecule has 20 heavy (non-hydrogen) atoms. The van der Waals surface area contributed by atoms with Crippen molar-refractivity contribution in [2.45, 2.75) is 6.18 Å². The molecule has 0 atom stereocenters. The van der Waals surface area contributed by atoms with Crippen LogP contribution in [0.5, 0.6) is 0 Å². The molecule has 8 heteroatoms. The molecule has 0 saturated carbocycles. The van der Waals surface area contributed by atoms with E-state index in [1.54, 1.807) is 0 Å². The number of anilines is 1. The molecule has 0 unspecified atom stereocenters. The van der Waals surface area contributed by atoms with Crippen LogP contribution in [0.25, 0.3) is 0 Å². The lowest BCUT2D eigenvalue weighted by atomic mass is 10.1. The molecule has 0 fully saturated rings. The summed E-state index contributed by atoms with van der Waals surface area (Å²) in [5.41, 5.74) is -1.32. The second-order valence-electron chi connectivity index (χ2n) is 3.72. The first kappa shape index (κ1) is 14.4. The molecule has 2 rings (SSSR count). The topological polar surface area (TPSA) is 54.9 Å². The van der Waals surface area contributed by atoms with Crippen molar-refractivity contribution in [3.8, 4) is 0 Å². The third kappa shape index (κ3) is 3.32. The molecule has 1 heterocycles. The van der Waals surface area contributed by atoms with Gasteiger partial charge in [0.25, 0.3) is 5.91 Å². The Balaban J connectivity index is 2.26. The predicted molar refractivity (Wildman–Crippen MR) is 69.1 cm³/mol. The molecule has 1 N–H and O–H groups in total. The van der Waals surface area contributed by atoms with Crippen LogP contribution >= 0.6 is 15.9 Å². The number of alkyl halides is 3. The number of aromatic nitrogens is 2. The molecule has 0 aliphatic heterocycles. The van der Waals surface area contributed by atoms with E-state index in [0.717, 1.165) is 12.3 Å². The van der Waals surface area contributed by atoms with Crippen molar-refractivity contribution in [3.63, 3.8) is 0 Å². The first-order valence-electron chi connectivity index (χ1n) is 5.33. The smallest absolute Gasteiger partial charge is 0.320 e. The molecule has 1 aromatic carbocycles. The number of carbonyl (C=O) groups is 1. The molecule has 0 aliphatic rings. The molecule has 0 spiro atoms. The summed E-state index contributed by atoms with van der Waals surface area (Å²) in [6.45, 7) is 0. The first-order chi connectivity index (χ1) is 9.38. The van der Waals surface area contributed by atoms with Crippen molar-refractivity contribution < 1.29 is 18.0 Å². The van der Waals surface area contributed by atoms with E-state index < -0.39 is 17.6 Å². The maximum atomic E-state index is 12.8. The lowest BCUT2D eigenvalue weighted by Crippen LogP contribution is -2.17. The van der Waals surface area contributed by atoms with Gasteiger partial charge in [-0.25, -0.2) is 9.97 Å². The van der Waals surface area contributed by atoms with Gasteiger partial charge in [-0.15, -0.1) is 0 Å². The molecule has 1 amide bonds. The molecule has 0 aliphatic carbocycles. The quantitative estimate of drug-likeness (QED) is 0.906. The van der Waals surface area contributed by atoms with Gasteiger partial charge in [-0.2, -0.15) is 13.2 Å². The molecule has 0 radical (unpaired) electrons. The fourth-order valence-corrected chi connectivity index (χ4v) is 1.66. The maximum Gasteiger partial charge on any atom is 0.418 e. The minimum atomic E-state index is -4.55. The number of rotatable bonds is 2. The van der Waals surface area contributed by atoms with Gasteiger partial charge in [0, 0.05) is 0 Å². The normalized spacial score (nSPS) is 11.2. The van der Waals surface area contributed by atoms with E-state index in [9.17, 15) is 18.0 Å². The molecule has 1 aromatic heterocycles. The van der Waals surface area contributed by atoms with Gasteiger partial charge < -0.3 is 5.32 Å². The van der Waals surface area contributed by atoms with Crippen molar-refractivity contribution in [1.82, 2.24) is 9.97 Å². The van der Waals surface area contributed by atoms with Crippen LogP contribution in [0.15, 0.2) is 41.3 Å². The summed E-state index contributed by atoms with van der Waals surface area (Å²) < 4.78 is 38.7. The highest BCUT2D eigenvalue weighted by atomic mass is 79.9. The first-order valence-corrected chi connectivity index (χ1v) is 6.12. The van der Waals surface area contributed by atoms with Crippen molar-refractivity contribution in [1.29, 1.82) is 0 Å². The Morgan fingerprint density at radius 2 is 1.85 bits per heavy atom. The third-order valence-electron chi connectivity index (χ3n) is 2.33. The largest absolute Gasteiger partial charge is 0.418 e. The number of hydrogen-bond donors (Lipinski definition) is 1. The Hall–Kier alpha value is -1.96. The Morgan fingerprint density at radius 1 is 1.15 bits per heavy atom. The summed E-state index contributed by atoms with van der Waals surface area (Å²) in [7, 11) is 0. The van der Waals surface area contributed by atoms with Gasteiger partial charge in [-0.3, -0.25) is 4.79 Å². The van der Waals surface area contributed by atoms with Crippen LogP contribution in [-0.2, 0) is 6.18 Å². The highest BCUT2D eigenvalue weighted by Crippen LogP contribution is 2.34. The summed E-state index contributed by atoms with van der Waals surface area (Å²) >= 11 is 3.05. The SMILES string of the molecule is O=C(Nc1ccccc1C(F)(F)F)c1cnc(Br)cn1. The second-order valence-corrected chi connectivity index (χ2v) is 4.53. The van der Waals surface area contributed by atoms with Gasteiger partial charge in [0.1, 0.15) is 10.3 Å². The summed E-state index contributed by atoms with van der Waals surface area (Å²) in [5, 5.41) is 2.18. The highest BCUT2D eigenvalue weighted by molar-refractivity contribution is 9.10. The summed E-state index contributed by atoms with van der Waals surface area (Å²) in [5.74, 6) is -0.762. The van der Waals surface area contributed by atoms with Gasteiger partial charge in [0.05, 0.1) is 23.6 Å². The van der Waals surface area contributed by atoms with Gasteiger partial charge in [-0.1, -0.05) is 12.1 Å². The minimum Gasteiger partial charge on any atom is -0.320 e. The number of para-hydroxylation sites is 1. The Bertz CT molecular complexity index is 629. The van der Waals surface area contributed by atoms with E-state index in [-0.39, 0.29) is 11.4 Å². The van der Waals surface area contributed by atoms with Crippen molar-refractivity contribution in [2.24, 2.45) is 0 Å². The zero-order chi connectivity index (χ0) is 14.8. The molecular formula is C12H7BrF3N3O. The molecule has 0 bridgehead atoms.